The van der Waals surface area contributed by atoms with Gasteiger partial charge < -0.3 is 10.1 Å². The summed E-state index contributed by atoms with van der Waals surface area (Å²) in [5.41, 5.74) is 0.0396. The van der Waals surface area contributed by atoms with Gasteiger partial charge in [-0.2, -0.15) is 5.10 Å². The normalized spacial score (nSPS) is 23.8. The van der Waals surface area contributed by atoms with Crippen LogP contribution in [0.3, 0.4) is 0 Å². The fourth-order valence-electron chi connectivity index (χ4n) is 2.39. The van der Waals surface area contributed by atoms with Crippen molar-refractivity contribution in [3.05, 3.63) is 18.5 Å². The lowest BCUT2D eigenvalue weighted by molar-refractivity contribution is -0.0628. The van der Waals surface area contributed by atoms with Crippen molar-refractivity contribution in [2.24, 2.45) is 0 Å². The molecule has 1 aliphatic heterocycles. The molecule has 0 aromatic carbocycles. The van der Waals surface area contributed by atoms with E-state index >= 15 is 0 Å². The van der Waals surface area contributed by atoms with E-state index in [0.717, 1.165) is 39.0 Å². The van der Waals surface area contributed by atoms with Crippen LogP contribution in [-0.2, 0) is 11.3 Å². The van der Waals surface area contributed by atoms with E-state index in [9.17, 15) is 0 Å². The lowest BCUT2D eigenvalue weighted by Crippen LogP contribution is -2.44. The van der Waals surface area contributed by atoms with Crippen LogP contribution < -0.4 is 5.32 Å². The summed E-state index contributed by atoms with van der Waals surface area (Å²) in [6.45, 7) is 7.27. The standard InChI is InChI=1S/C13H23N3O/c1-13(2)11-12(5-10-17-13)14-6-3-8-16-9-4-7-15-16/h4,7,9,12,14H,3,5-6,8,10-11H2,1-2H3. The van der Waals surface area contributed by atoms with E-state index in [1.54, 1.807) is 0 Å². The maximum atomic E-state index is 5.71. The zero-order valence-corrected chi connectivity index (χ0v) is 10.9. The summed E-state index contributed by atoms with van der Waals surface area (Å²) in [6.07, 6.45) is 7.20. The molecule has 0 saturated carbocycles. The van der Waals surface area contributed by atoms with E-state index < -0.39 is 0 Å². The average molecular weight is 237 g/mol. The highest BCUT2D eigenvalue weighted by atomic mass is 16.5. The molecule has 4 heteroatoms. The molecular weight excluding hydrogens is 214 g/mol. The minimum Gasteiger partial charge on any atom is -0.375 e. The molecule has 1 N–H and O–H groups in total. The zero-order chi connectivity index (χ0) is 12.1. The van der Waals surface area contributed by atoms with Gasteiger partial charge in [-0.15, -0.1) is 0 Å². The quantitative estimate of drug-likeness (QED) is 0.794. The second-order valence-corrected chi connectivity index (χ2v) is 5.37. The number of hydrogen-bond acceptors (Lipinski definition) is 3. The summed E-state index contributed by atoms with van der Waals surface area (Å²) in [7, 11) is 0. The Kier molecular flexibility index (Phi) is 4.18. The fraction of sp³-hybridized carbons (Fsp3) is 0.769. The van der Waals surface area contributed by atoms with Gasteiger partial charge in [0.05, 0.1) is 5.60 Å². The first kappa shape index (κ1) is 12.6. The molecule has 0 radical (unpaired) electrons. The first-order chi connectivity index (χ1) is 8.16. The minimum absolute atomic E-state index is 0.0396. The van der Waals surface area contributed by atoms with E-state index in [1.165, 1.54) is 0 Å². The smallest absolute Gasteiger partial charge is 0.0641 e. The van der Waals surface area contributed by atoms with Crippen LogP contribution in [0.5, 0.6) is 0 Å². The van der Waals surface area contributed by atoms with Gasteiger partial charge in [0.15, 0.2) is 0 Å². The third-order valence-corrected chi connectivity index (χ3v) is 3.25. The first-order valence-electron chi connectivity index (χ1n) is 6.50. The Morgan fingerprint density at radius 2 is 2.41 bits per heavy atom. The molecule has 1 aliphatic rings. The molecule has 4 nitrogen and oxygen atoms in total. The Bertz CT molecular complexity index is 321. The molecule has 2 rings (SSSR count). The molecule has 0 aliphatic carbocycles. The molecule has 1 unspecified atom stereocenters. The van der Waals surface area contributed by atoms with Gasteiger partial charge in [-0.05, 0) is 45.7 Å². The van der Waals surface area contributed by atoms with Gasteiger partial charge in [-0.1, -0.05) is 0 Å². The van der Waals surface area contributed by atoms with Crippen molar-refractivity contribution >= 4 is 0 Å². The lowest BCUT2D eigenvalue weighted by atomic mass is 9.94. The summed E-state index contributed by atoms with van der Waals surface area (Å²) in [6, 6.07) is 2.57. The second-order valence-electron chi connectivity index (χ2n) is 5.37. The molecule has 1 aromatic heterocycles. The van der Waals surface area contributed by atoms with E-state index in [0.29, 0.717) is 6.04 Å². The fourth-order valence-corrected chi connectivity index (χ4v) is 2.39. The maximum Gasteiger partial charge on any atom is 0.0641 e. The Balaban J connectivity index is 1.62. The van der Waals surface area contributed by atoms with Crippen molar-refractivity contribution in [1.82, 2.24) is 15.1 Å². The van der Waals surface area contributed by atoms with Gasteiger partial charge in [0.25, 0.3) is 0 Å². The van der Waals surface area contributed by atoms with Crippen LogP contribution in [0.4, 0.5) is 0 Å². The topological polar surface area (TPSA) is 39.1 Å². The number of hydrogen-bond donors (Lipinski definition) is 1. The molecule has 2 heterocycles. The van der Waals surface area contributed by atoms with Crippen LogP contribution in [0.1, 0.15) is 33.1 Å². The van der Waals surface area contributed by atoms with E-state index in [-0.39, 0.29) is 5.60 Å². The second kappa shape index (κ2) is 5.65. The molecule has 17 heavy (non-hydrogen) atoms. The van der Waals surface area contributed by atoms with Crippen molar-refractivity contribution in [1.29, 1.82) is 0 Å². The number of nitrogens with one attached hydrogen (secondary N) is 1. The van der Waals surface area contributed by atoms with Crippen molar-refractivity contribution in [3.8, 4) is 0 Å². The highest BCUT2D eigenvalue weighted by Crippen LogP contribution is 2.23. The van der Waals surface area contributed by atoms with Crippen LogP contribution >= 0.6 is 0 Å². The molecule has 96 valence electrons. The first-order valence-corrected chi connectivity index (χ1v) is 6.50. The minimum atomic E-state index is 0.0396. The monoisotopic (exact) mass is 237 g/mol. The number of rotatable bonds is 5. The van der Waals surface area contributed by atoms with E-state index in [2.05, 4.69) is 24.3 Å². The van der Waals surface area contributed by atoms with Gasteiger partial charge in [-0.3, -0.25) is 4.68 Å². The lowest BCUT2D eigenvalue weighted by Gasteiger charge is -2.36. The highest BCUT2D eigenvalue weighted by Gasteiger charge is 2.28. The number of ether oxygens (including phenoxy) is 1. The largest absolute Gasteiger partial charge is 0.375 e. The van der Waals surface area contributed by atoms with Crippen LogP contribution in [0, 0.1) is 0 Å². The number of nitrogens with zero attached hydrogens (tertiary/aromatic N) is 2. The number of aromatic nitrogens is 2. The molecule has 1 fully saturated rings. The van der Waals surface area contributed by atoms with E-state index in [1.807, 2.05) is 23.1 Å². The third kappa shape index (κ3) is 4.13. The summed E-state index contributed by atoms with van der Waals surface area (Å²) in [5.74, 6) is 0. The third-order valence-electron chi connectivity index (χ3n) is 3.25. The summed E-state index contributed by atoms with van der Waals surface area (Å²) in [4.78, 5) is 0. The van der Waals surface area contributed by atoms with Gasteiger partial charge in [0.2, 0.25) is 0 Å². The van der Waals surface area contributed by atoms with E-state index in [4.69, 9.17) is 4.74 Å². The van der Waals surface area contributed by atoms with Crippen molar-refractivity contribution in [2.45, 2.75) is 51.3 Å². The molecule has 1 aromatic rings. The predicted octanol–water partition coefficient (Wildman–Crippen LogP) is 1.82. The van der Waals surface area contributed by atoms with Gasteiger partial charge in [0, 0.05) is 31.6 Å². The molecule has 0 amide bonds. The predicted molar refractivity (Wildman–Crippen MR) is 67.9 cm³/mol. The molecule has 1 atom stereocenters. The zero-order valence-electron chi connectivity index (χ0n) is 10.9. The Morgan fingerprint density at radius 1 is 1.53 bits per heavy atom. The van der Waals surface area contributed by atoms with Crippen LogP contribution in [0.2, 0.25) is 0 Å². The average Bonchev–Trinajstić information content (AvgIpc) is 2.76. The highest BCUT2D eigenvalue weighted by molar-refractivity contribution is 4.83. The Morgan fingerprint density at radius 3 is 3.12 bits per heavy atom. The maximum absolute atomic E-state index is 5.71. The van der Waals surface area contributed by atoms with Crippen molar-refractivity contribution in [2.75, 3.05) is 13.2 Å². The SMILES string of the molecule is CC1(C)CC(NCCCn2cccn2)CCO1. The van der Waals surface area contributed by atoms with Crippen molar-refractivity contribution < 1.29 is 4.74 Å². The van der Waals surface area contributed by atoms with Crippen molar-refractivity contribution in [3.63, 3.8) is 0 Å². The van der Waals surface area contributed by atoms with Gasteiger partial charge in [0.1, 0.15) is 0 Å². The van der Waals surface area contributed by atoms with Crippen LogP contribution in [0.25, 0.3) is 0 Å². The van der Waals surface area contributed by atoms with Crippen LogP contribution in [0.15, 0.2) is 18.5 Å². The van der Waals surface area contributed by atoms with Gasteiger partial charge in [-0.25, -0.2) is 0 Å². The summed E-state index contributed by atoms with van der Waals surface area (Å²) in [5, 5.41) is 7.81. The summed E-state index contributed by atoms with van der Waals surface area (Å²) >= 11 is 0. The number of aryl methyl sites for hydroxylation is 1. The molecule has 1 saturated heterocycles. The molecule has 0 bridgehead atoms. The molecule has 0 spiro atoms. The van der Waals surface area contributed by atoms with Gasteiger partial charge >= 0.3 is 0 Å². The molecular formula is C13H23N3O. The summed E-state index contributed by atoms with van der Waals surface area (Å²) < 4.78 is 7.69. The Labute approximate surface area is 103 Å². The Hall–Kier alpha value is -0.870. The van der Waals surface area contributed by atoms with Crippen LogP contribution in [-0.4, -0.2) is 34.6 Å².